The average Bonchev–Trinajstić information content (AvgIpc) is 2.99. The number of nitrogens with zero attached hydrogens (tertiary/aromatic N) is 2. The van der Waals surface area contributed by atoms with Crippen molar-refractivity contribution in [3.05, 3.63) is 70.4 Å². The van der Waals surface area contributed by atoms with Gasteiger partial charge in [-0.1, -0.05) is 24.3 Å². The fourth-order valence-corrected chi connectivity index (χ4v) is 2.72. The number of ether oxygens (including phenoxy) is 1. The highest BCUT2D eigenvalue weighted by molar-refractivity contribution is 6.05. The lowest BCUT2D eigenvalue weighted by molar-refractivity contribution is -0.384. The molecular weight excluding hydrogens is 350 g/mol. The van der Waals surface area contributed by atoms with Crippen molar-refractivity contribution in [1.82, 2.24) is 4.57 Å². The number of carbonyl (C=O) groups excluding carboxylic acids is 2. The minimum Gasteiger partial charge on any atom is -0.449 e. The second-order valence-corrected chi connectivity index (χ2v) is 6.02. The van der Waals surface area contributed by atoms with Crippen molar-refractivity contribution in [1.29, 1.82) is 0 Å². The number of carbonyl (C=O) groups is 2. The lowest BCUT2D eigenvalue weighted by Crippen LogP contribution is -2.30. The quantitative estimate of drug-likeness (QED) is 0.423. The van der Waals surface area contributed by atoms with Gasteiger partial charge in [0.05, 0.1) is 10.5 Å². The maximum Gasteiger partial charge on any atom is 0.341 e. The van der Waals surface area contributed by atoms with Crippen molar-refractivity contribution < 1.29 is 19.2 Å². The van der Waals surface area contributed by atoms with Crippen molar-refractivity contribution in [3.8, 4) is 0 Å². The first-order valence-electron chi connectivity index (χ1n) is 8.17. The number of para-hydroxylation sites is 1. The van der Waals surface area contributed by atoms with E-state index in [-0.39, 0.29) is 11.4 Å². The third kappa shape index (κ3) is 3.79. The van der Waals surface area contributed by atoms with E-state index in [0.717, 1.165) is 10.9 Å². The number of fused-ring (bicyclic) bond motifs is 1. The van der Waals surface area contributed by atoms with Gasteiger partial charge >= 0.3 is 5.97 Å². The van der Waals surface area contributed by atoms with Gasteiger partial charge in [-0.3, -0.25) is 14.9 Å². The van der Waals surface area contributed by atoms with Gasteiger partial charge < -0.3 is 14.6 Å². The number of nitro groups is 1. The molecule has 1 amide bonds. The third-order valence-corrected chi connectivity index (χ3v) is 4.09. The number of aromatic nitrogens is 1. The standard InChI is InChI=1S/C19H17N3O5/c1-12(18(23)20-13-6-5-7-14(10-13)22(25)26)27-19(24)16-11-21(2)17-9-4-3-8-15(16)17/h3-12H,1-2H3,(H,20,23). The van der Waals surface area contributed by atoms with Crippen molar-refractivity contribution >= 4 is 34.2 Å². The van der Waals surface area contributed by atoms with Crippen molar-refractivity contribution in [3.63, 3.8) is 0 Å². The van der Waals surface area contributed by atoms with Crippen molar-refractivity contribution in [2.45, 2.75) is 13.0 Å². The molecule has 0 aliphatic heterocycles. The number of nitro benzene ring substituents is 1. The summed E-state index contributed by atoms with van der Waals surface area (Å²) >= 11 is 0. The summed E-state index contributed by atoms with van der Waals surface area (Å²) in [5.74, 6) is -1.20. The summed E-state index contributed by atoms with van der Waals surface area (Å²) in [6, 6.07) is 12.9. The van der Waals surface area contributed by atoms with E-state index in [1.165, 1.54) is 31.2 Å². The Morgan fingerprint density at radius 2 is 1.93 bits per heavy atom. The van der Waals surface area contributed by atoms with Crippen LogP contribution in [0.2, 0.25) is 0 Å². The largest absolute Gasteiger partial charge is 0.449 e. The molecule has 3 rings (SSSR count). The maximum atomic E-state index is 12.5. The summed E-state index contributed by atoms with van der Waals surface area (Å²) in [6.07, 6.45) is 0.578. The number of non-ortho nitro benzene ring substituents is 1. The van der Waals surface area contributed by atoms with Crippen LogP contribution in [0.3, 0.4) is 0 Å². The van der Waals surface area contributed by atoms with E-state index < -0.39 is 22.9 Å². The summed E-state index contributed by atoms with van der Waals surface area (Å²) in [4.78, 5) is 35.0. The van der Waals surface area contributed by atoms with Crippen LogP contribution in [-0.2, 0) is 16.6 Å². The lowest BCUT2D eigenvalue weighted by Gasteiger charge is -2.13. The van der Waals surface area contributed by atoms with Gasteiger partial charge in [0.1, 0.15) is 0 Å². The fourth-order valence-electron chi connectivity index (χ4n) is 2.72. The molecule has 8 nitrogen and oxygen atoms in total. The summed E-state index contributed by atoms with van der Waals surface area (Å²) in [5, 5.41) is 14.0. The van der Waals surface area contributed by atoms with Gasteiger partial charge in [-0.05, 0) is 19.1 Å². The van der Waals surface area contributed by atoms with Crippen LogP contribution in [0.1, 0.15) is 17.3 Å². The Balaban J connectivity index is 1.71. The summed E-state index contributed by atoms with van der Waals surface area (Å²) in [6.45, 7) is 1.44. The highest BCUT2D eigenvalue weighted by atomic mass is 16.6. The maximum absolute atomic E-state index is 12.5. The van der Waals surface area contributed by atoms with Gasteiger partial charge in [0.25, 0.3) is 11.6 Å². The first-order chi connectivity index (χ1) is 12.9. The molecule has 138 valence electrons. The second-order valence-electron chi connectivity index (χ2n) is 6.02. The van der Waals surface area contributed by atoms with Crippen LogP contribution in [0, 0.1) is 10.1 Å². The molecule has 27 heavy (non-hydrogen) atoms. The van der Waals surface area contributed by atoms with Gasteiger partial charge in [0.2, 0.25) is 0 Å². The normalized spacial score (nSPS) is 11.8. The predicted molar refractivity (Wildman–Crippen MR) is 99.5 cm³/mol. The molecule has 0 fully saturated rings. The molecule has 8 heteroatoms. The Morgan fingerprint density at radius 1 is 1.19 bits per heavy atom. The zero-order valence-electron chi connectivity index (χ0n) is 14.7. The molecule has 3 aromatic rings. The van der Waals surface area contributed by atoms with Crippen LogP contribution < -0.4 is 5.32 Å². The Labute approximate surface area is 154 Å². The molecule has 1 unspecified atom stereocenters. The van der Waals surface area contributed by atoms with E-state index >= 15 is 0 Å². The third-order valence-electron chi connectivity index (χ3n) is 4.09. The number of anilines is 1. The van der Waals surface area contributed by atoms with Crippen LogP contribution in [0.25, 0.3) is 10.9 Å². The highest BCUT2D eigenvalue weighted by Crippen LogP contribution is 2.22. The first-order valence-corrected chi connectivity index (χ1v) is 8.17. The minimum absolute atomic E-state index is 0.145. The number of amides is 1. The number of aryl methyl sites for hydroxylation is 1. The SMILES string of the molecule is CC(OC(=O)c1cn(C)c2ccccc12)C(=O)Nc1cccc([N+](=O)[O-])c1. The molecule has 1 N–H and O–H groups in total. The minimum atomic E-state index is -1.07. The Morgan fingerprint density at radius 3 is 2.67 bits per heavy atom. The van der Waals surface area contributed by atoms with Crippen LogP contribution in [0.5, 0.6) is 0 Å². The van der Waals surface area contributed by atoms with Gasteiger partial charge in [0, 0.05) is 42.0 Å². The number of hydrogen-bond acceptors (Lipinski definition) is 5. The van der Waals surface area contributed by atoms with E-state index in [1.54, 1.807) is 16.8 Å². The molecule has 1 aromatic heterocycles. The summed E-state index contributed by atoms with van der Waals surface area (Å²) in [5.41, 5.74) is 1.34. The van der Waals surface area contributed by atoms with Crippen LogP contribution in [-0.4, -0.2) is 27.5 Å². The van der Waals surface area contributed by atoms with E-state index in [1.807, 2.05) is 25.2 Å². The molecule has 0 bridgehead atoms. The van der Waals surface area contributed by atoms with E-state index in [9.17, 15) is 19.7 Å². The smallest absolute Gasteiger partial charge is 0.341 e. The van der Waals surface area contributed by atoms with Gasteiger partial charge in [-0.15, -0.1) is 0 Å². The summed E-state index contributed by atoms with van der Waals surface area (Å²) < 4.78 is 7.08. The van der Waals surface area contributed by atoms with E-state index in [4.69, 9.17) is 4.74 Å². The first kappa shape index (κ1) is 18.1. The Kier molecular flexibility index (Phi) is 4.89. The molecule has 2 aromatic carbocycles. The van der Waals surface area contributed by atoms with E-state index in [2.05, 4.69) is 5.32 Å². The number of hydrogen-bond donors (Lipinski definition) is 1. The zero-order valence-corrected chi connectivity index (χ0v) is 14.7. The molecule has 0 aliphatic carbocycles. The molecule has 0 spiro atoms. The number of esters is 1. The Hall–Kier alpha value is -3.68. The molecule has 0 radical (unpaired) electrons. The summed E-state index contributed by atoms with van der Waals surface area (Å²) in [7, 11) is 1.82. The topological polar surface area (TPSA) is 103 Å². The zero-order chi connectivity index (χ0) is 19.6. The van der Waals surface area contributed by atoms with Gasteiger partial charge in [-0.25, -0.2) is 4.79 Å². The number of nitrogens with one attached hydrogen (secondary N) is 1. The molecule has 1 atom stereocenters. The monoisotopic (exact) mass is 367 g/mol. The fraction of sp³-hybridized carbons (Fsp3) is 0.158. The van der Waals surface area contributed by atoms with Crippen LogP contribution in [0.15, 0.2) is 54.7 Å². The van der Waals surface area contributed by atoms with Gasteiger partial charge in [0.15, 0.2) is 6.10 Å². The lowest BCUT2D eigenvalue weighted by atomic mass is 10.2. The van der Waals surface area contributed by atoms with Crippen molar-refractivity contribution in [2.75, 3.05) is 5.32 Å². The highest BCUT2D eigenvalue weighted by Gasteiger charge is 2.22. The molecule has 0 aliphatic rings. The number of rotatable bonds is 5. The molecular formula is C19H17N3O5. The molecule has 1 heterocycles. The van der Waals surface area contributed by atoms with Crippen LogP contribution >= 0.6 is 0 Å². The molecule has 0 saturated heterocycles. The second kappa shape index (κ2) is 7.28. The van der Waals surface area contributed by atoms with E-state index in [0.29, 0.717) is 5.56 Å². The van der Waals surface area contributed by atoms with Gasteiger partial charge in [-0.2, -0.15) is 0 Å². The predicted octanol–water partition coefficient (Wildman–Crippen LogP) is 3.27. The average molecular weight is 367 g/mol. The number of benzene rings is 2. The Bertz CT molecular complexity index is 1040. The van der Waals surface area contributed by atoms with Crippen LogP contribution in [0.4, 0.5) is 11.4 Å². The molecule has 0 saturated carbocycles. The van der Waals surface area contributed by atoms with Crippen molar-refractivity contribution in [2.24, 2.45) is 7.05 Å².